The number of benzene rings is 1. The van der Waals surface area contributed by atoms with Gasteiger partial charge >= 0.3 is 5.97 Å². The molecular formula is C26H36N4O7. The van der Waals surface area contributed by atoms with Crippen LogP contribution in [0, 0.1) is 17.8 Å². The van der Waals surface area contributed by atoms with E-state index in [9.17, 15) is 28.8 Å². The van der Waals surface area contributed by atoms with E-state index < -0.39 is 42.1 Å². The van der Waals surface area contributed by atoms with E-state index >= 15 is 0 Å². The summed E-state index contributed by atoms with van der Waals surface area (Å²) in [6.45, 7) is 8.21. The number of esters is 1. The van der Waals surface area contributed by atoms with Crippen LogP contribution < -0.4 is 16.0 Å². The molecule has 0 spiro atoms. The van der Waals surface area contributed by atoms with E-state index in [2.05, 4.69) is 16.0 Å². The van der Waals surface area contributed by atoms with Crippen molar-refractivity contribution >= 4 is 41.2 Å². The second kappa shape index (κ2) is 13.5. The third-order valence-electron chi connectivity index (χ3n) is 6.00. The van der Waals surface area contributed by atoms with Crippen molar-refractivity contribution in [1.82, 2.24) is 15.5 Å². The van der Waals surface area contributed by atoms with Crippen molar-refractivity contribution < 1.29 is 33.5 Å². The smallest absolute Gasteiger partial charge is 0.305 e. The quantitative estimate of drug-likeness (QED) is 0.280. The molecule has 1 fully saturated rings. The molecule has 37 heavy (non-hydrogen) atoms. The number of anilines is 1. The summed E-state index contributed by atoms with van der Waals surface area (Å²) in [6, 6.07) is 5.76. The maximum atomic E-state index is 12.7. The van der Waals surface area contributed by atoms with Crippen LogP contribution in [-0.2, 0) is 40.1 Å². The third kappa shape index (κ3) is 8.69. The van der Waals surface area contributed by atoms with Crippen LogP contribution in [-0.4, -0.2) is 59.5 Å². The zero-order valence-electron chi connectivity index (χ0n) is 22.0. The van der Waals surface area contributed by atoms with Gasteiger partial charge in [0.05, 0.1) is 6.54 Å². The molecular weight excluding hydrogens is 480 g/mol. The van der Waals surface area contributed by atoms with Crippen LogP contribution in [0.2, 0.25) is 0 Å². The van der Waals surface area contributed by atoms with Gasteiger partial charge in [0.1, 0.15) is 19.2 Å². The molecule has 1 aliphatic rings. The van der Waals surface area contributed by atoms with Gasteiger partial charge in [-0.05, 0) is 29.5 Å². The lowest BCUT2D eigenvalue weighted by Gasteiger charge is -2.23. The number of likely N-dealkylation sites (tertiary alicyclic amines) is 1. The summed E-state index contributed by atoms with van der Waals surface area (Å²) in [4.78, 5) is 74.3. The number of hydrogen-bond donors (Lipinski definition) is 3. The number of ether oxygens (including phenoxy) is 1. The highest BCUT2D eigenvalue weighted by molar-refractivity contribution is 6.06. The molecule has 1 saturated heterocycles. The Hall–Kier alpha value is -3.76. The lowest BCUT2D eigenvalue weighted by Crippen LogP contribution is -2.53. The average molecular weight is 517 g/mol. The highest BCUT2D eigenvalue weighted by atomic mass is 16.5. The van der Waals surface area contributed by atoms with E-state index in [0.717, 1.165) is 10.5 Å². The second-order valence-electron chi connectivity index (χ2n) is 9.64. The second-order valence-corrected chi connectivity index (χ2v) is 9.64. The first-order valence-electron chi connectivity index (χ1n) is 12.4. The number of carbonyl (C=O) groups is 6. The Morgan fingerprint density at radius 3 is 2.22 bits per heavy atom. The average Bonchev–Trinajstić information content (AvgIpc) is 3.13. The van der Waals surface area contributed by atoms with Crippen molar-refractivity contribution in [3.05, 3.63) is 29.8 Å². The van der Waals surface area contributed by atoms with Crippen molar-refractivity contribution in [2.45, 2.75) is 60.1 Å². The molecule has 0 saturated carbocycles. The minimum absolute atomic E-state index is 0.0201. The van der Waals surface area contributed by atoms with Crippen molar-refractivity contribution in [2.75, 3.05) is 18.4 Å². The van der Waals surface area contributed by atoms with Crippen molar-refractivity contribution in [3.63, 3.8) is 0 Å². The predicted molar refractivity (Wildman–Crippen MR) is 135 cm³/mol. The molecule has 1 aromatic carbocycles. The predicted octanol–water partition coefficient (Wildman–Crippen LogP) is 1.37. The molecule has 0 aromatic heterocycles. The van der Waals surface area contributed by atoms with Crippen molar-refractivity contribution in [1.29, 1.82) is 0 Å². The number of hydrogen-bond acceptors (Lipinski definition) is 7. The van der Waals surface area contributed by atoms with Gasteiger partial charge in [-0.1, -0.05) is 46.8 Å². The van der Waals surface area contributed by atoms with Crippen molar-refractivity contribution in [3.8, 4) is 0 Å². The van der Waals surface area contributed by atoms with Gasteiger partial charge in [-0.25, -0.2) is 0 Å². The topological polar surface area (TPSA) is 151 Å². The molecule has 3 N–H and O–H groups in total. The van der Waals surface area contributed by atoms with Gasteiger partial charge in [-0.2, -0.15) is 0 Å². The number of rotatable bonds is 12. The summed E-state index contributed by atoms with van der Waals surface area (Å²) in [5.74, 6) is -3.54. The SMILES string of the molecule is CCC(=O)OCc1ccc(NC(=O)CNC(=O)C(NC(=O)CN2C(=O)CC(C(C)C)C2=O)C(C)C)cc1. The molecule has 1 heterocycles. The van der Waals surface area contributed by atoms with E-state index in [4.69, 9.17) is 4.74 Å². The first kappa shape index (κ1) is 29.5. The molecule has 5 amide bonds. The summed E-state index contributed by atoms with van der Waals surface area (Å²) < 4.78 is 5.05. The Morgan fingerprint density at radius 2 is 1.68 bits per heavy atom. The minimum Gasteiger partial charge on any atom is -0.461 e. The van der Waals surface area contributed by atoms with E-state index in [-0.39, 0.29) is 49.7 Å². The lowest BCUT2D eigenvalue weighted by molar-refractivity contribution is -0.145. The van der Waals surface area contributed by atoms with Crippen LogP contribution in [0.5, 0.6) is 0 Å². The highest BCUT2D eigenvalue weighted by Crippen LogP contribution is 2.26. The summed E-state index contributed by atoms with van der Waals surface area (Å²) in [5, 5.41) is 7.72. The summed E-state index contributed by atoms with van der Waals surface area (Å²) >= 11 is 0. The van der Waals surface area contributed by atoms with Gasteiger partial charge in [-0.3, -0.25) is 33.7 Å². The largest absolute Gasteiger partial charge is 0.461 e. The fourth-order valence-corrected chi connectivity index (χ4v) is 3.73. The standard InChI is InChI=1S/C26H36N4O7/c1-6-23(34)37-14-17-7-9-18(10-8-17)28-20(31)12-27-25(35)24(16(4)5)29-21(32)13-30-22(33)11-19(15(2)3)26(30)36/h7-10,15-16,19,24H,6,11-14H2,1-5H3,(H,27,35)(H,28,31)(H,29,32). The molecule has 11 heteroatoms. The monoisotopic (exact) mass is 516 g/mol. The van der Waals surface area contributed by atoms with Crippen molar-refractivity contribution in [2.24, 2.45) is 17.8 Å². The Kier molecular flexibility index (Phi) is 10.8. The number of nitrogens with one attached hydrogen (secondary N) is 3. The third-order valence-corrected chi connectivity index (χ3v) is 6.00. The summed E-state index contributed by atoms with van der Waals surface area (Å²) in [7, 11) is 0. The number of imide groups is 1. The van der Waals surface area contributed by atoms with Crippen LogP contribution in [0.25, 0.3) is 0 Å². The van der Waals surface area contributed by atoms with E-state index in [1.165, 1.54) is 0 Å². The van der Waals surface area contributed by atoms with Crippen LogP contribution in [0.1, 0.15) is 53.0 Å². The molecule has 11 nitrogen and oxygen atoms in total. The molecule has 0 radical (unpaired) electrons. The molecule has 0 aliphatic carbocycles. The molecule has 2 atom stereocenters. The van der Waals surface area contributed by atoms with Gasteiger partial charge in [0, 0.05) is 24.4 Å². The molecule has 0 bridgehead atoms. The van der Waals surface area contributed by atoms with Crippen LogP contribution in [0.3, 0.4) is 0 Å². The van der Waals surface area contributed by atoms with Gasteiger partial charge in [-0.15, -0.1) is 0 Å². The Bertz CT molecular complexity index is 1020. The van der Waals surface area contributed by atoms with E-state index in [1.807, 2.05) is 13.8 Å². The molecule has 202 valence electrons. The van der Waals surface area contributed by atoms with Gasteiger partial charge < -0.3 is 20.7 Å². The zero-order chi connectivity index (χ0) is 27.7. The van der Waals surface area contributed by atoms with E-state index in [1.54, 1.807) is 45.0 Å². The van der Waals surface area contributed by atoms with Crippen LogP contribution in [0.4, 0.5) is 5.69 Å². The number of amides is 5. The molecule has 1 aromatic rings. The summed E-state index contributed by atoms with van der Waals surface area (Å²) in [5.41, 5.74) is 1.26. The maximum absolute atomic E-state index is 12.7. The zero-order valence-corrected chi connectivity index (χ0v) is 22.0. The number of carbonyl (C=O) groups excluding carboxylic acids is 6. The summed E-state index contributed by atoms with van der Waals surface area (Å²) in [6.07, 6.45) is 0.361. The van der Waals surface area contributed by atoms with Gasteiger partial charge in [0.2, 0.25) is 29.5 Å². The normalized spacial score (nSPS) is 16.1. The maximum Gasteiger partial charge on any atom is 0.305 e. The fraction of sp³-hybridized carbons (Fsp3) is 0.538. The first-order valence-corrected chi connectivity index (χ1v) is 12.4. The Morgan fingerprint density at radius 1 is 1.03 bits per heavy atom. The van der Waals surface area contributed by atoms with Gasteiger partial charge in [0.15, 0.2) is 0 Å². The number of nitrogens with zero attached hydrogens (tertiary/aromatic N) is 1. The van der Waals surface area contributed by atoms with E-state index in [0.29, 0.717) is 5.69 Å². The molecule has 1 aliphatic heterocycles. The van der Waals surface area contributed by atoms with Crippen LogP contribution >= 0.6 is 0 Å². The Labute approximate surface area is 216 Å². The molecule has 2 unspecified atom stereocenters. The fourth-order valence-electron chi connectivity index (χ4n) is 3.73. The Balaban J connectivity index is 1.85. The highest BCUT2D eigenvalue weighted by Gasteiger charge is 2.41. The van der Waals surface area contributed by atoms with Gasteiger partial charge in [0.25, 0.3) is 0 Å². The van der Waals surface area contributed by atoms with Crippen LogP contribution in [0.15, 0.2) is 24.3 Å². The lowest BCUT2D eigenvalue weighted by atomic mass is 9.94. The molecule has 2 rings (SSSR count). The minimum atomic E-state index is -0.959. The first-order chi connectivity index (χ1) is 17.4.